The Balaban J connectivity index is 1.98. The van der Waals surface area contributed by atoms with E-state index in [4.69, 9.17) is 0 Å². The fourth-order valence-corrected chi connectivity index (χ4v) is 3.04. The van der Waals surface area contributed by atoms with E-state index in [2.05, 4.69) is 37.1 Å². The minimum Gasteiger partial charge on any atom is -0.308 e. The molecule has 0 aliphatic heterocycles. The van der Waals surface area contributed by atoms with Crippen LogP contribution in [0.1, 0.15) is 57.7 Å². The molecule has 0 amide bonds. The van der Waals surface area contributed by atoms with Gasteiger partial charge in [0, 0.05) is 18.8 Å². The first-order valence-electron chi connectivity index (χ1n) is 7.29. The average Bonchev–Trinajstić information content (AvgIpc) is 2.37. The molecule has 2 heteroatoms. The Kier molecular flexibility index (Phi) is 4.39. The maximum atomic E-state index is 4.52. The second-order valence-electron chi connectivity index (χ2n) is 6.13. The van der Waals surface area contributed by atoms with Gasteiger partial charge in [0.2, 0.25) is 0 Å². The molecule has 2 nitrogen and oxygen atoms in total. The molecule has 2 rings (SSSR count). The summed E-state index contributed by atoms with van der Waals surface area (Å²) < 4.78 is 0. The molecule has 0 aromatic carbocycles. The Morgan fingerprint density at radius 2 is 2.22 bits per heavy atom. The van der Waals surface area contributed by atoms with Crippen molar-refractivity contribution < 1.29 is 0 Å². The summed E-state index contributed by atoms with van der Waals surface area (Å²) in [5, 5.41) is 3.74. The van der Waals surface area contributed by atoms with Crippen LogP contribution in [0.25, 0.3) is 0 Å². The van der Waals surface area contributed by atoms with E-state index in [1.54, 1.807) is 0 Å². The van der Waals surface area contributed by atoms with Gasteiger partial charge in [-0.3, -0.25) is 4.98 Å². The van der Waals surface area contributed by atoms with Crippen molar-refractivity contribution in [3.05, 3.63) is 29.6 Å². The molecule has 1 saturated carbocycles. The smallest absolute Gasteiger partial charge is 0.0573 e. The monoisotopic (exact) mass is 246 g/mol. The molecule has 1 unspecified atom stereocenters. The lowest BCUT2D eigenvalue weighted by Gasteiger charge is -2.39. The molecule has 1 aliphatic carbocycles. The number of aromatic nitrogens is 1. The van der Waals surface area contributed by atoms with Crippen LogP contribution in [0.2, 0.25) is 0 Å². The molecule has 0 spiro atoms. The van der Waals surface area contributed by atoms with Gasteiger partial charge in [0.05, 0.1) is 5.69 Å². The number of aryl methyl sites for hydroxylation is 1. The predicted molar refractivity (Wildman–Crippen MR) is 76.5 cm³/mol. The molecule has 1 aromatic heterocycles. The van der Waals surface area contributed by atoms with E-state index < -0.39 is 0 Å². The first-order chi connectivity index (χ1) is 8.63. The highest BCUT2D eigenvalue weighted by molar-refractivity contribution is 5.19. The summed E-state index contributed by atoms with van der Waals surface area (Å²) in [6, 6.07) is 4.86. The van der Waals surface area contributed by atoms with E-state index in [0.29, 0.717) is 11.5 Å². The zero-order chi connectivity index (χ0) is 13.0. The second kappa shape index (κ2) is 5.83. The van der Waals surface area contributed by atoms with Crippen molar-refractivity contribution in [2.45, 2.75) is 65.5 Å². The van der Waals surface area contributed by atoms with Gasteiger partial charge in [-0.1, -0.05) is 39.7 Å². The van der Waals surface area contributed by atoms with Gasteiger partial charge in [-0.25, -0.2) is 0 Å². The van der Waals surface area contributed by atoms with Crippen LogP contribution in [0.15, 0.2) is 18.3 Å². The topological polar surface area (TPSA) is 24.9 Å². The van der Waals surface area contributed by atoms with E-state index in [1.165, 1.54) is 36.9 Å². The Morgan fingerprint density at radius 1 is 1.39 bits per heavy atom. The molecule has 1 aliphatic rings. The van der Waals surface area contributed by atoms with Gasteiger partial charge >= 0.3 is 0 Å². The average molecular weight is 246 g/mol. The van der Waals surface area contributed by atoms with Crippen LogP contribution in [0.4, 0.5) is 0 Å². The largest absolute Gasteiger partial charge is 0.308 e. The van der Waals surface area contributed by atoms with Crippen LogP contribution in [0.5, 0.6) is 0 Å². The van der Waals surface area contributed by atoms with Gasteiger partial charge in [-0.05, 0) is 36.3 Å². The highest BCUT2D eigenvalue weighted by atomic mass is 14.9. The van der Waals surface area contributed by atoms with Gasteiger partial charge in [0.25, 0.3) is 0 Å². The number of nitrogens with one attached hydrogen (secondary N) is 1. The lowest BCUT2D eigenvalue weighted by Crippen LogP contribution is -2.43. The van der Waals surface area contributed by atoms with Crippen molar-refractivity contribution >= 4 is 0 Å². The zero-order valence-corrected chi connectivity index (χ0v) is 12.0. The molecule has 1 atom stereocenters. The van der Waals surface area contributed by atoms with Crippen molar-refractivity contribution in [3.8, 4) is 0 Å². The third-order valence-corrected chi connectivity index (χ3v) is 4.39. The highest BCUT2D eigenvalue weighted by Crippen LogP contribution is 2.35. The molecule has 100 valence electrons. The van der Waals surface area contributed by atoms with E-state index in [-0.39, 0.29) is 0 Å². The van der Waals surface area contributed by atoms with E-state index in [1.807, 2.05) is 12.3 Å². The van der Waals surface area contributed by atoms with Crippen molar-refractivity contribution in [3.63, 3.8) is 0 Å². The van der Waals surface area contributed by atoms with Gasteiger partial charge < -0.3 is 5.32 Å². The predicted octanol–water partition coefficient (Wildman–Crippen LogP) is 3.70. The third kappa shape index (κ3) is 3.11. The van der Waals surface area contributed by atoms with Crippen LogP contribution in [-0.2, 0) is 13.0 Å². The number of rotatable bonds is 4. The maximum absolute atomic E-state index is 4.52. The van der Waals surface area contributed by atoms with Crippen molar-refractivity contribution in [1.29, 1.82) is 0 Å². The molecule has 1 heterocycles. The van der Waals surface area contributed by atoms with Crippen LogP contribution in [-0.4, -0.2) is 11.0 Å². The first-order valence-corrected chi connectivity index (χ1v) is 7.29. The summed E-state index contributed by atoms with van der Waals surface area (Å²) in [6.45, 7) is 7.90. The molecular formula is C16H26N2. The summed E-state index contributed by atoms with van der Waals surface area (Å²) >= 11 is 0. The summed E-state index contributed by atoms with van der Waals surface area (Å²) in [5.74, 6) is 0. The van der Waals surface area contributed by atoms with Gasteiger partial charge in [-0.15, -0.1) is 0 Å². The molecular weight excluding hydrogens is 220 g/mol. The summed E-state index contributed by atoms with van der Waals surface area (Å²) in [7, 11) is 0. The van der Waals surface area contributed by atoms with Crippen LogP contribution in [0, 0.1) is 5.41 Å². The van der Waals surface area contributed by atoms with Gasteiger partial charge in [0.1, 0.15) is 0 Å². The third-order valence-electron chi connectivity index (χ3n) is 4.39. The number of hydrogen-bond acceptors (Lipinski definition) is 2. The Hall–Kier alpha value is -0.890. The quantitative estimate of drug-likeness (QED) is 0.876. The normalized spacial score (nSPS) is 22.9. The second-order valence-corrected chi connectivity index (χ2v) is 6.13. The van der Waals surface area contributed by atoms with E-state index in [9.17, 15) is 0 Å². The molecule has 18 heavy (non-hydrogen) atoms. The lowest BCUT2D eigenvalue weighted by atomic mass is 9.73. The lowest BCUT2D eigenvalue weighted by molar-refractivity contribution is 0.166. The van der Waals surface area contributed by atoms with Crippen LogP contribution < -0.4 is 5.32 Å². The van der Waals surface area contributed by atoms with Crippen LogP contribution in [0.3, 0.4) is 0 Å². The summed E-state index contributed by atoms with van der Waals surface area (Å²) in [4.78, 5) is 4.52. The summed E-state index contributed by atoms with van der Waals surface area (Å²) in [5.41, 5.74) is 3.03. The minimum atomic E-state index is 0.430. The molecule has 1 N–H and O–H groups in total. The fourth-order valence-electron chi connectivity index (χ4n) is 3.04. The Labute approximate surface area is 111 Å². The Morgan fingerprint density at radius 3 is 2.94 bits per heavy atom. The summed E-state index contributed by atoms with van der Waals surface area (Å²) in [6.07, 6.45) is 8.37. The first kappa shape index (κ1) is 13.5. The SMILES string of the molecule is CCc1cccnc1CNC1CCCCC1(C)C. The van der Waals surface area contributed by atoms with Crippen LogP contribution >= 0.6 is 0 Å². The fraction of sp³-hybridized carbons (Fsp3) is 0.688. The minimum absolute atomic E-state index is 0.430. The number of hydrogen-bond donors (Lipinski definition) is 1. The highest BCUT2D eigenvalue weighted by Gasteiger charge is 2.31. The van der Waals surface area contributed by atoms with Crippen molar-refractivity contribution in [2.75, 3.05) is 0 Å². The molecule has 0 saturated heterocycles. The van der Waals surface area contributed by atoms with E-state index in [0.717, 1.165) is 13.0 Å². The maximum Gasteiger partial charge on any atom is 0.0573 e. The van der Waals surface area contributed by atoms with Gasteiger partial charge in [0.15, 0.2) is 0 Å². The molecule has 1 aromatic rings. The molecule has 1 fully saturated rings. The number of nitrogens with zero attached hydrogens (tertiary/aromatic N) is 1. The van der Waals surface area contributed by atoms with Gasteiger partial charge in [-0.2, -0.15) is 0 Å². The van der Waals surface area contributed by atoms with Crippen molar-refractivity contribution in [1.82, 2.24) is 10.3 Å². The van der Waals surface area contributed by atoms with E-state index >= 15 is 0 Å². The number of pyridine rings is 1. The Bertz CT molecular complexity index is 384. The van der Waals surface area contributed by atoms with Crippen molar-refractivity contribution in [2.24, 2.45) is 5.41 Å². The molecule has 0 bridgehead atoms. The standard InChI is InChI=1S/C16H26N2/c1-4-13-8-7-11-17-14(13)12-18-15-9-5-6-10-16(15,2)3/h7-8,11,15,18H,4-6,9-10,12H2,1-3H3. The molecule has 0 radical (unpaired) electrons. The zero-order valence-electron chi connectivity index (χ0n) is 12.0.